The normalized spacial score (nSPS) is 22.8. The lowest BCUT2D eigenvalue weighted by Crippen LogP contribution is -2.34. The lowest BCUT2D eigenvalue weighted by Gasteiger charge is -2.31. The van der Waals surface area contributed by atoms with E-state index in [2.05, 4.69) is 34.2 Å². The van der Waals surface area contributed by atoms with Crippen molar-refractivity contribution in [1.82, 2.24) is 0 Å². The summed E-state index contributed by atoms with van der Waals surface area (Å²) in [5.74, 6) is 0. The van der Waals surface area contributed by atoms with Crippen molar-refractivity contribution in [3.63, 3.8) is 0 Å². The molecule has 1 heterocycles. The van der Waals surface area contributed by atoms with Crippen molar-refractivity contribution >= 4 is 21.6 Å². The van der Waals surface area contributed by atoms with Crippen LogP contribution in [0.5, 0.6) is 0 Å². The predicted molar refractivity (Wildman–Crippen MR) is 80.1 cm³/mol. The highest BCUT2D eigenvalue weighted by Gasteiger charge is 2.22. The molecule has 1 saturated heterocycles. The smallest absolute Gasteiger partial charge is 0.101 e. The maximum atomic E-state index is 9.15. The number of benzene rings is 1. The van der Waals surface area contributed by atoms with Crippen LogP contribution in [0.1, 0.15) is 38.2 Å². The summed E-state index contributed by atoms with van der Waals surface area (Å²) in [5.41, 5.74) is 1.61. The van der Waals surface area contributed by atoms with Crippen LogP contribution in [0.15, 0.2) is 22.7 Å². The van der Waals surface area contributed by atoms with E-state index in [1.54, 1.807) is 0 Å². The summed E-state index contributed by atoms with van der Waals surface area (Å²) in [6, 6.07) is 8.34. The largest absolute Gasteiger partial charge is 0.381 e. The van der Waals surface area contributed by atoms with Gasteiger partial charge in [-0.3, -0.25) is 0 Å². The molecule has 19 heavy (non-hydrogen) atoms. The number of nitriles is 1. The van der Waals surface area contributed by atoms with Crippen LogP contribution in [0.4, 0.5) is 5.69 Å². The van der Waals surface area contributed by atoms with E-state index in [1.807, 2.05) is 18.2 Å². The van der Waals surface area contributed by atoms with E-state index in [0.717, 1.165) is 42.5 Å². The molecule has 0 spiro atoms. The molecular weight excluding hydrogens is 304 g/mol. The maximum Gasteiger partial charge on any atom is 0.101 e. The first-order chi connectivity index (χ1) is 9.22. The zero-order valence-corrected chi connectivity index (χ0v) is 12.7. The summed E-state index contributed by atoms with van der Waals surface area (Å²) in [5, 5.41) is 12.6. The van der Waals surface area contributed by atoms with Crippen LogP contribution in [0.25, 0.3) is 0 Å². The van der Waals surface area contributed by atoms with Gasteiger partial charge in [-0.2, -0.15) is 5.26 Å². The predicted octanol–water partition coefficient (Wildman–Crippen LogP) is 4.08. The SMILES string of the molecule is CCCC1CC(Nc2cc(Br)ccc2C#N)CCO1. The summed E-state index contributed by atoms with van der Waals surface area (Å²) in [4.78, 5) is 0. The van der Waals surface area contributed by atoms with E-state index >= 15 is 0 Å². The molecule has 1 aromatic carbocycles. The van der Waals surface area contributed by atoms with Crippen LogP contribution in [0, 0.1) is 11.3 Å². The molecule has 1 aromatic rings. The number of anilines is 1. The van der Waals surface area contributed by atoms with Gasteiger partial charge in [-0.25, -0.2) is 0 Å². The topological polar surface area (TPSA) is 45.0 Å². The van der Waals surface area contributed by atoms with E-state index in [9.17, 15) is 0 Å². The maximum absolute atomic E-state index is 9.15. The molecule has 0 aliphatic carbocycles. The highest BCUT2D eigenvalue weighted by atomic mass is 79.9. The minimum absolute atomic E-state index is 0.355. The average Bonchev–Trinajstić information content (AvgIpc) is 2.40. The van der Waals surface area contributed by atoms with Crippen molar-refractivity contribution in [2.75, 3.05) is 11.9 Å². The van der Waals surface area contributed by atoms with Gasteiger partial charge in [0.15, 0.2) is 0 Å². The Bertz CT molecular complexity index is 468. The molecule has 1 fully saturated rings. The van der Waals surface area contributed by atoms with Gasteiger partial charge in [0, 0.05) is 17.1 Å². The number of ether oxygens (including phenoxy) is 1. The molecule has 0 bridgehead atoms. The standard InChI is InChI=1S/C15H19BrN2O/c1-2-3-14-9-13(6-7-19-14)18-15-8-12(16)5-4-11(15)10-17/h4-5,8,13-14,18H,2-3,6-7,9H2,1H3. The second kappa shape index (κ2) is 6.93. The Morgan fingerprint density at radius 1 is 1.53 bits per heavy atom. The first-order valence-electron chi connectivity index (χ1n) is 6.80. The molecule has 0 radical (unpaired) electrons. The van der Waals surface area contributed by atoms with Crippen molar-refractivity contribution in [3.8, 4) is 6.07 Å². The van der Waals surface area contributed by atoms with Crippen LogP contribution in [0.3, 0.4) is 0 Å². The Morgan fingerprint density at radius 3 is 3.11 bits per heavy atom. The van der Waals surface area contributed by atoms with E-state index < -0.39 is 0 Å². The van der Waals surface area contributed by atoms with Gasteiger partial charge >= 0.3 is 0 Å². The minimum atomic E-state index is 0.355. The monoisotopic (exact) mass is 322 g/mol. The quantitative estimate of drug-likeness (QED) is 0.908. The van der Waals surface area contributed by atoms with E-state index in [4.69, 9.17) is 10.00 Å². The number of halogens is 1. The lowest BCUT2D eigenvalue weighted by atomic mass is 9.99. The minimum Gasteiger partial charge on any atom is -0.381 e. The van der Waals surface area contributed by atoms with Gasteiger partial charge in [0.2, 0.25) is 0 Å². The Labute approximate surface area is 123 Å². The highest BCUT2D eigenvalue weighted by Crippen LogP contribution is 2.25. The highest BCUT2D eigenvalue weighted by molar-refractivity contribution is 9.10. The molecular formula is C15H19BrN2O. The van der Waals surface area contributed by atoms with Crippen molar-refractivity contribution in [1.29, 1.82) is 5.26 Å². The van der Waals surface area contributed by atoms with Crippen molar-refractivity contribution in [2.24, 2.45) is 0 Å². The molecule has 1 aliphatic heterocycles. The van der Waals surface area contributed by atoms with Gasteiger partial charge in [-0.1, -0.05) is 29.3 Å². The molecule has 0 amide bonds. The van der Waals surface area contributed by atoms with Gasteiger partial charge in [-0.05, 0) is 37.5 Å². The van der Waals surface area contributed by atoms with E-state index in [0.29, 0.717) is 17.7 Å². The van der Waals surface area contributed by atoms with Crippen LogP contribution in [-0.2, 0) is 4.74 Å². The molecule has 1 aliphatic rings. The van der Waals surface area contributed by atoms with Gasteiger partial charge < -0.3 is 10.1 Å². The Morgan fingerprint density at radius 2 is 2.37 bits per heavy atom. The fraction of sp³-hybridized carbons (Fsp3) is 0.533. The summed E-state index contributed by atoms with van der Waals surface area (Å²) in [6.45, 7) is 2.99. The Balaban J connectivity index is 2.04. The Kier molecular flexibility index (Phi) is 5.24. The van der Waals surface area contributed by atoms with E-state index in [-0.39, 0.29) is 0 Å². The number of nitrogens with zero attached hydrogens (tertiary/aromatic N) is 1. The van der Waals surface area contributed by atoms with Gasteiger partial charge in [-0.15, -0.1) is 0 Å². The van der Waals surface area contributed by atoms with Gasteiger partial charge in [0.1, 0.15) is 6.07 Å². The van der Waals surface area contributed by atoms with Crippen molar-refractivity contribution in [3.05, 3.63) is 28.2 Å². The first-order valence-corrected chi connectivity index (χ1v) is 7.60. The second-order valence-corrected chi connectivity index (χ2v) is 5.86. The fourth-order valence-electron chi connectivity index (χ4n) is 2.49. The van der Waals surface area contributed by atoms with Crippen molar-refractivity contribution in [2.45, 2.75) is 44.8 Å². The van der Waals surface area contributed by atoms with Gasteiger partial charge in [0.25, 0.3) is 0 Å². The Hall–Kier alpha value is -1.05. The summed E-state index contributed by atoms with van der Waals surface area (Å²) < 4.78 is 6.74. The molecule has 2 unspecified atom stereocenters. The number of nitrogens with one attached hydrogen (secondary N) is 1. The van der Waals surface area contributed by atoms with Gasteiger partial charge in [0.05, 0.1) is 17.4 Å². The number of rotatable bonds is 4. The zero-order chi connectivity index (χ0) is 13.7. The fourth-order valence-corrected chi connectivity index (χ4v) is 2.85. The zero-order valence-electron chi connectivity index (χ0n) is 11.2. The third-order valence-corrected chi connectivity index (χ3v) is 3.93. The summed E-state index contributed by atoms with van der Waals surface area (Å²) >= 11 is 3.45. The average molecular weight is 323 g/mol. The molecule has 0 saturated carbocycles. The summed E-state index contributed by atoms with van der Waals surface area (Å²) in [7, 11) is 0. The molecule has 4 heteroatoms. The molecule has 1 N–H and O–H groups in total. The second-order valence-electron chi connectivity index (χ2n) is 4.95. The molecule has 2 atom stereocenters. The lowest BCUT2D eigenvalue weighted by molar-refractivity contribution is 0.00597. The number of hydrogen-bond acceptors (Lipinski definition) is 3. The summed E-state index contributed by atoms with van der Waals surface area (Å²) in [6.07, 6.45) is 4.64. The third-order valence-electron chi connectivity index (χ3n) is 3.44. The van der Waals surface area contributed by atoms with Crippen LogP contribution in [0.2, 0.25) is 0 Å². The molecule has 102 valence electrons. The molecule has 2 rings (SSSR count). The van der Waals surface area contributed by atoms with Crippen LogP contribution >= 0.6 is 15.9 Å². The molecule has 0 aromatic heterocycles. The third kappa shape index (κ3) is 3.95. The first kappa shape index (κ1) is 14.4. The van der Waals surface area contributed by atoms with Crippen molar-refractivity contribution < 1.29 is 4.74 Å². The van der Waals surface area contributed by atoms with Crippen LogP contribution in [-0.4, -0.2) is 18.8 Å². The number of hydrogen-bond donors (Lipinski definition) is 1. The van der Waals surface area contributed by atoms with Crippen LogP contribution < -0.4 is 5.32 Å². The van der Waals surface area contributed by atoms with E-state index in [1.165, 1.54) is 0 Å². The molecule has 3 nitrogen and oxygen atoms in total.